The van der Waals surface area contributed by atoms with Crippen LogP contribution < -0.4 is 5.73 Å². The van der Waals surface area contributed by atoms with Crippen LogP contribution in [0.15, 0.2) is 23.8 Å². The number of rotatable bonds is 1. The summed E-state index contributed by atoms with van der Waals surface area (Å²) in [4.78, 5) is 0. The predicted molar refractivity (Wildman–Crippen MR) is 45.1 cm³/mol. The topological polar surface area (TPSA) is 26.0 Å². The molecule has 0 aromatic heterocycles. The lowest BCUT2D eigenvalue weighted by atomic mass is 9.97. The Labute approximate surface area is 66.6 Å². The van der Waals surface area contributed by atoms with Crippen LogP contribution in [0.5, 0.6) is 0 Å². The van der Waals surface area contributed by atoms with Gasteiger partial charge in [-0.05, 0) is 6.92 Å². The van der Waals surface area contributed by atoms with Gasteiger partial charge in [-0.3, -0.25) is 0 Å². The summed E-state index contributed by atoms with van der Waals surface area (Å²) in [5.74, 6) is 0.326. The van der Waals surface area contributed by atoms with Crippen LogP contribution in [0.1, 0.15) is 6.92 Å². The molecule has 0 radical (unpaired) electrons. The monoisotopic (exact) mass is 157 g/mol. The number of halogens is 1. The van der Waals surface area contributed by atoms with Crippen molar-refractivity contribution < 1.29 is 0 Å². The van der Waals surface area contributed by atoms with Crippen molar-refractivity contribution in [3.8, 4) is 0 Å². The van der Waals surface area contributed by atoms with E-state index >= 15 is 0 Å². The van der Waals surface area contributed by atoms with Crippen LogP contribution in [0, 0.1) is 5.92 Å². The first-order chi connectivity index (χ1) is 4.74. The molecule has 2 atom stereocenters. The third-order valence-corrected chi connectivity index (χ3v) is 2.17. The Morgan fingerprint density at radius 3 is 2.90 bits per heavy atom. The van der Waals surface area contributed by atoms with Crippen molar-refractivity contribution in [1.29, 1.82) is 0 Å². The molecule has 0 aromatic carbocycles. The number of alkyl halides is 1. The van der Waals surface area contributed by atoms with Gasteiger partial charge in [0, 0.05) is 12.5 Å². The molecule has 1 nitrogen and oxygen atoms in total. The van der Waals surface area contributed by atoms with Crippen molar-refractivity contribution in [3.63, 3.8) is 0 Å². The summed E-state index contributed by atoms with van der Waals surface area (Å²) in [6.07, 6.45) is 6.15. The molecule has 56 valence electrons. The van der Waals surface area contributed by atoms with Gasteiger partial charge in [-0.25, -0.2) is 0 Å². The first kappa shape index (κ1) is 7.83. The zero-order chi connectivity index (χ0) is 7.56. The van der Waals surface area contributed by atoms with Gasteiger partial charge in [-0.15, -0.1) is 11.6 Å². The van der Waals surface area contributed by atoms with E-state index in [2.05, 4.69) is 13.0 Å². The minimum atomic E-state index is 0.0914. The third kappa shape index (κ3) is 1.61. The van der Waals surface area contributed by atoms with Gasteiger partial charge in [0.2, 0.25) is 0 Å². The molecule has 2 unspecified atom stereocenters. The fraction of sp³-hybridized carbons (Fsp3) is 0.500. The fourth-order valence-corrected chi connectivity index (χ4v) is 1.32. The molecule has 0 saturated heterocycles. The highest BCUT2D eigenvalue weighted by Gasteiger charge is 2.14. The van der Waals surface area contributed by atoms with E-state index in [0.717, 1.165) is 0 Å². The first-order valence-electron chi connectivity index (χ1n) is 3.45. The maximum atomic E-state index is 5.94. The Morgan fingerprint density at radius 1 is 1.70 bits per heavy atom. The van der Waals surface area contributed by atoms with Gasteiger partial charge in [0.25, 0.3) is 0 Å². The number of allylic oxidation sites excluding steroid dienone is 3. The maximum Gasteiger partial charge on any atom is 0.0594 e. The normalized spacial score (nSPS) is 32.1. The molecule has 0 amide bonds. The van der Waals surface area contributed by atoms with Crippen LogP contribution in [-0.2, 0) is 0 Å². The minimum Gasteiger partial charge on any atom is -0.330 e. The van der Waals surface area contributed by atoms with E-state index < -0.39 is 0 Å². The molecule has 0 aromatic rings. The Bertz CT molecular complexity index is 172. The highest BCUT2D eigenvalue weighted by molar-refractivity contribution is 6.22. The zero-order valence-electron chi connectivity index (χ0n) is 6.05. The van der Waals surface area contributed by atoms with Crippen LogP contribution in [-0.4, -0.2) is 11.9 Å². The van der Waals surface area contributed by atoms with E-state index in [9.17, 15) is 0 Å². The van der Waals surface area contributed by atoms with E-state index in [1.807, 2.05) is 12.2 Å². The molecule has 1 aliphatic rings. The lowest BCUT2D eigenvalue weighted by molar-refractivity contribution is 0.670. The van der Waals surface area contributed by atoms with Gasteiger partial charge < -0.3 is 5.73 Å². The lowest BCUT2D eigenvalue weighted by Crippen LogP contribution is -2.22. The van der Waals surface area contributed by atoms with Gasteiger partial charge in [-0.1, -0.05) is 23.8 Å². The summed E-state index contributed by atoms with van der Waals surface area (Å²) in [7, 11) is 0. The second-order valence-corrected chi connectivity index (χ2v) is 3.12. The summed E-state index contributed by atoms with van der Waals surface area (Å²) in [5, 5.41) is 0.0914. The van der Waals surface area contributed by atoms with E-state index in [1.165, 1.54) is 5.57 Å². The minimum absolute atomic E-state index is 0.0914. The molecular formula is C8H12ClN. The third-order valence-electron chi connectivity index (χ3n) is 1.70. The van der Waals surface area contributed by atoms with Crippen molar-refractivity contribution >= 4 is 11.6 Å². The van der Waals surface area contributed by atoms with E-state index in [4.69, 9.17) is 17.3 Å². The smallest absolute Gasteiger partial charge is 0.0594 e. The number of nitrogens with two attached hydrogens (primary N) is 1. The van der Waals surface area contributed by atoms with Gasteiger partial charge >= 0.3 is 0 Å². The second kappa shape index (κ2) is 3.22. The molecular weight excluding hydrogens is 146 g/mol. The van der Waals surface area contributed by atoms with Gasteiger partial charge in [0.1, 0.15) is 0 Å². The van der Waals surface area contributed by atoms with Gasteiger partial charge in [-0.2, -0.15) is 0 Å². The predicted octanol–water partition coefficient (Wildman–Crippen LogP) is 1.68. The number of hydrogen-bond acceptors (Lipinski definition) is 1. The zero-order valence-corrected chi connectivity index (χ0v) is 6.81. The molecule has 1 rings (SSSR count). The van der Waals surface area contributed by atoms with Gasteiger partial charge in [0.15, 0.2) is 0 Å². The molecule has 0 aliphatic heterocycles. The summed E-state index contributed by atoms with van der Waals surface area (Å²) in [6, 6.07) is 0. The molecule has 10 heavy (non-hydrogen) atoms. The van der Waals surface area contributed by atoms with Crippen molar-refractivity contribution in [2.75, 3.05) is 6.54 Å². The van der Waals surface area contributed by atoms with Gasteiger partial charge in [0.05, 0.1) is 5.38 Å². The van der Waals surface area contributed by atoms with Crippen LogP contribution in [0.4, 0.5) is 0 Å². The standard InChI is InChI=1S/C8H12ClN/c1-6-2-3-8(9)7(4-6)5-10/h2-4,7-8H,5,10H2,1H3. The van der Waals surface area contributed by atoms with Crippen molar-refractivity contribution in [1.82, 2.24) is 0 Å². The largest absolute Gasteiger partial charge is 0.330 e. The Kier molecular flexibility index (Phi) is 2.52. The average molecular weight is 158 g/mol. The van der Waals surface area contributed by atoms with Crippen LogP contribution in [0.25, 0.3) is 0 Å². The SMILES string of the molecule is CC1=CC(CN)C(Cl)C=C1. The van der Waals surface area contributed by atoms with Crippen LogP contribution in [0.3, 0.4) is 0 Å². The first-order valence-corrected chi connectivity index (χ1v) is 3.88. The quantitative estimate of drug-likeness (QED) is 0.576. The Hall–Kier alpha value is -0.270. The second-order valence-electron chi connectivity index (χ2n) is 2.61. The van der Waals surface area contributed by atoms with E-state index in [0.29, 0.717) is 12.5 Å². The van der Waals surface area contributed by atoms with Crippen molar-refractivity contribution in [2.45, 2.75) is 12.3 Å². The average Bonchev–Trinajstić information content (AvgIpc) is 1.94. The fourth-order valence-electron chi connectivity index (χ4n) is 1.07. The summed E-state index contributed by atoms with van der Waals surface area (Å²) in [6.45, 7) is 2.69. The number of hydrogen-bond donors (Lipinski definition) is 1. The molecule has 2 heteroatoms. The van der Waals surface area contributed by atoms with Crippen LogP contribution >= 0.6 is 11.6 Å². The molecule has 1 aliphatic carbocycles. The molecule has 0 heterocycles. The molecule has 0 bridgehead atoms. The molecule has 0 spiro atoms. The summed E-state index contributed by atoms with van der Waals surface area (Å²) in [5.41, 5.74) is 6.75. The van der Waals surface area contributed by atoms with Crippen molar-refractivity contribution in [3.05, 3.63) is 23.8 Å². The summed E-state index contributed by atoms with van der Waals surface area (Å²) < 4.78 is 0. The Morgan fingerprint density at radius 2 is 2.40 bits per heavy atom. The Balaban J connectivity index is 2.67. The van der Waals surface area contributed by atoms with E-state index in [1.54, 1.807) is 0 Å². The maximum absolute atomic E-state index is 5.94. The lowest BCUT2D eigenvalue weighted by Gasteiger charge is -2.17. The van der Waals surface area contributed by atoms with Crippen LogP contribution in [0.2, 0.25) is 0 Å². The van der Waals surface area contributed by atoms with E-state index in [-0.39, 0.29) is 5.38 Å². The highest BCUT2D eigenvalue weighted by atomic mass is 35.5. The highest BCUT2D eigenvalue weighted by Crippen LogP contribution is 2.20. The van der Waals surface area contributed by atoms with Crippen molar-refractivity contribution in [2.24, 2.45) is 11.7 Å². The summed E-state index contributed by atoms with van der Waals surface area (Å²) >= 11 is 5.94. The molecule has 0 saturated carbocycles. The molecule has 0 fully saturated rings. The molecule has 2 N–H and O–H groups in total.